The molecule has 0 spiro atoms. The summed E-state index contributed by atoms with van der Waals surface area (Å²) in [7, 11) is 0. The number of thioether (sulfide) groups is 1. The molecule has 0 atom stereocenters. The molecule has 0 saturated carbocycles. The van der Waals surface area contributed by atoms with Crippen molar-refractivity contribution in [2.24, 2.45) is 0 Å². The van der Waals surface area contributed by atoms with Gasteiger partial charge in [0.1, 0.15) is 5.75 Å². The smallest absolute Gasteiger partial charge is 0.251 e. The highest BCUT2D eigenvalue weighted by atomic mass is 32.2. The average molecular weight is 361 g/mol. The van der Waals surface area contributed by atoms with Crippen LogP contribution in [0.5, 0.6) is 5.75 Å². The highest BCUT2D eigenvalue weighted by Crippen LogP contribution is 2.17. The van der Waals surface area contributed by atoms with E-state index in [1.54, 1.807) is 12.1 Å². The van der Waals surface area contributed by atoms with Crippen LogP contribution in [-0.2, 0) is 11.2 Å². The number of carbonyl (C=O) groups excluding carboxylic acids is 1. The number of unbranched alkanes of at least 4 members (excludes halogenated alkanes) is 1. The summed E-state index contributed by atoms with van der Waals surface area (Å²) in [5.74, 6) is 0.782. The van der Waals surface area contributed by atoms with Crippen LogP contribution in [0, 0.1) is 0 Å². The Bertz CT molecular complexity index is 744. The van der Waals surface area contributed by atoms with Gasteiger partial charge in [-0.25, -0.2) is 4.98 Å². The number of carbonyl (C=O) groups is 1. The zero-order valence-electron chi connectivity index (χ0n) is 14.5. The quantitative estimate of drug-likeness (QED) is 0.529. The second kappa shape index (κ2) is 9.88. The monoisotopic (exact) mass is 361 g/mol. The number of aromatic amines is 1. The van der Waals surface area contributed by atoms with E-state index in [-0.39, 0.29) is 17.2 Å². The van der Waals surface area contributed by atoms with Crippen LogP contribution in [-0.4, -0.2) is 28.2 Å². The number of anilines is 1. The molecule has 1 aromatic heterocycles. The number of aromatic nitrogens is 2. The largest absolute Gasteiger partial charge is 0.494 e. The summed E-state index contributed by atoms with van der Waals surface area (Å²) in [6, 6.07) is 8.71. The lowest BCUT2D eigenvalue weighted by Crippen LogP contribution is -2.16. The van der Waals surface area contributed by atoms with Crippen LogP contribution in [0.1, 0.15) is 32.4 Å². The second-order valence-corrected chi connectivity index (χ2v) is 6.40. The number of benzene rings is 1. The molecule has 6 nitrogen and oxygen atoms in total. The molecule has 1 heterocycles. The van der Waals surface area contributed by atoms with Crippen molar-refractivity contribution >= 4 is 23.4 Å². The first-order chi connectivity index (χ1) is 12.1. The number of rotatable bonds is 9. The van der Waals surface area contributed by atoms with Gasteiger partial charge in [0.25, 0.3) is 5.56 Å². The summed E-state index contributed by atoms with van der Waals surface area (Å²) in [5, 5.41) is 3.28. The molecule has 7 heteroatoms. The lowest BCUT2D eigenvalue weighted by Gasteiger charge is -2.07. The molecule has 0 aliphatic carbocycles. The molecule has 0 bridgehead atoms. The SMILES string of the molecule is CCCCc1cc(=O)[nH]c(SCC(=O)Nc2ccc(OCC)cc2)n1. The predicted octanol–water partition coefficient (Wildman–Crippen LogP) is 3.24. The molecule has 0 saturated heterocycles. The van der Waals surface area contributed by atoms with Gasteiger partial charge in [0, 0.05) is 17.4 Å². The van der Waals surface area contributed by atoms with E-state index in [0.29, 0.717) is 17.5 Å². The van der Waals surface area contributed by atoms with Gasteiger partial charge >= 0.3 is 0 Å². The number of hydrogen-bond donors (Lipinski definition) is 2. The number of H-pyrrole nitrogens is 1. The van der Waals surface area contributed by atoms with Crippen LogP contribution in [0.15, 0.2) is 40.3 Å². The Morgan fingerprint density at radius 3 is 2.72 bits per heavy atom. The fraction of sp³-hybridized carbons (Fsp3) is 0.389. The molecule has 0 aliphatic heterocycles. The number of nitrogens with one attached hydrogen (secondary N) is 2. The van der Waals surface area contributed by atoms with Crippen molar-refractivity contribution in [3.05, 3.63) is 46.4 Å². The maximum Gasteiger partial charge on any atom is 0.251 e. The van der Waals surface area contributed by atoms with Crippen LogP contribution in [0.25, 0.3) is 0 Å². The van der Waals surface area contributed by atoms with Crippen LogP contribution in [0.4, 0.5) is 5.69 Å². The lowest BCUT2D eigenvalue weighted by molar-refractivity contribution is -0.113. The van der Waals surface area contributed by atoms with E-state index < -0.39 is 0 Å². The van der Waals surface area contributed by atoms with Gasteiger partial charge in [-0.05, 0) is 44.0 Å². The molecule has 25 heavy (non-hydrogen) atoms. The van der Waals surface area contributed by atoms with Crippen LogP contribution >= 0.6 is 11.8 Å². The first-order valence-electron chi connectivity index (χ1n) is 8.36. The summed E-state index contributed by atoms with van der Waals surface area (Å²) in [6.45, 7) is 4.61. The molecule has 0 unspecified atom stereocenters. The van der Waals surface area contributed by atoms with Gasteiger partial charge in [-0.1, -0.05) is 25.1 Å². The van der Waals surface area contributed by atoms with E-state index in [9.17, 15) is 9.59 Å². The minimum absolute atomic E-state index is 0.157. The summed E-state index contributed by atoms with van der Waals surface area (Å²) < 4.78 is 5.36. The molecule has 134 valence electrons. The molecule has 1 amide bonds. The number of ether oxygens (including phenoxy) is 1. The van der Waals surface area contributed by atoms with Gasteiger partial charge in [0.2, 0.25) is 5.91 Å². The van der Waals surface area contributed by atoms with Gasteiger partial charge in [0.05, 0.1) is 12.4 Å². The molecule has 2 aromatic rings. The van der Waals surface area contributed by atoms with Crippen molar-refractivity contribution in [1.29, 1.82) is 0 Å². The first kappa shape index (κ1) is 19.1. The molecular formula is C18H23N3O3S. The van der Waals surface area contributed by atoms with Crippen molar-refractivity contribution in [2.75, 3.05) is 17.7 Å². The fourth-order valence-electron chi connectivity index (χ4n) is 2.17. The summed E-state index contributed by atoms with van der Waals surface area (Å²) >= 11 is 1.22. The predicted molar refractivity (Wildman–Crippen MR) is 100 cm³/mol. The van der Waals surface area contributed by atoms with E-state index in [2.05, 4.69) is 22.2 Å². The van der Waals surface area contributed by atoms with Crippen LogP contribution in [0.2, 0.25) is 0 Å². The first-order valence-corrected chi connectivity index (χ1v) is 9.35. The van der Waals surface area contributed by atoms with Gasteiger partial charge < -0.3 is 15.0 Å². The summed E-state index contributed by atoms with van der Waals surface area (Å²) in [4.78, 5) is 30.8. The van der Waals surface area contributed by atoms with E-state index in [0.717, 1.165) is 30.7 Å². The third kappa shape index (κ3) is 6.62. The van der Waals surface area contributed by atoms with Crippen molar-refractivity contribution in [1.82, 2.24) is 9.97 Å². The Kier molecular flexibility index (Phi) is 7.53. The highest BCUT2D eigenvalue weighted by Gasteiger charge is 2.07. The van der Waals surface area contributed by atoms with Gasteiger partial charge in [0.15, 0.2) is 5.16 Å². The fourth-order valence-corrected chi connectivity index (χ4v) is 2.86. The normalized spacial score (nSPS) is 10.5. The topological polar surface area (TPSA) is 84.1 Å². The lowest BCUT2D eigenvalue weighted by atomic mass is 10.2. The van der Waals surface area contributed by atoms with Gasteiger partial charge in [-0.15, -0.1) is 0 Å². The molecule has 0 fully saturated rings. The number of amides is 1. The summed E-state index contributed by atoms with van der Waals surface area (Å²) in [6.07, 6.45) is 2.80. The van der Waals surface area contributed by atoms with Crippen molar-refractivity contribution in [3.8, 4) is 5.75 Å². The molecule has 1 aromatic carbocycles. The van der Waals surface area contributed by atoms with E-state index >= 15 is 0 Å². The zero-order chi connectivity index (χ0) is 18.1. The zero-order valence-corrected chi connectivity index (χ0v) is 15.3. The molecule has 2 N–H and O–H groups in total. The number of aryl methyl sites for hydroxylation is 1. The summed E-state index contributed by atoms with van der Waals surface area (Å²) in [5.41, 5.74) is 1.28. The highest BCUT2D eigenvalue weighted by molar-refractivity contribution is 7.99. The standard InChI is InChI=1S/C18H23N3O3S/c1-3-5-6-14-11-16(22)21-18(20-14)25-12-17(23)19-13-7-9-15(10-8-13)24-4-2/h7-11H,3-6,12H2,1-2H3,(H,19,23)(H,20,21,22). The maximum atomic E-state index is 12.1. The van der Waals surface area contributed by atoms with Crippen molar-refractivity contribution < 1.29 is 9.53 Å². The van der Waals surface area contributed by atoms with Gasteiger partial charge in [-0.2, -0.15) is 0 Å². The molecule has 2 rings (SSSR count). The average Bonchev–Trinajstić information content (AvgIpc) is 2.60. The van der Waals surface area contributed by atoms with Crippen LogP contribution in [0.3, 0.4) is 0 Å². The minimum Gasteiger partial charge on any atom is -0.494 e. The number of nitrogens with zero attached hydrogens (tertiary/aromatic N) is 1. The second-order valence-electron chi connectivity index (χ2n) is 5.44. The molecular weight excluding hydrogens is 338 g/mol. The van der Waals surface area contributed by atoms with Crippen molar-refractivity contribution in [2.45, 2.75) is 38.3 Å². The van der Waals surface area contributed by atoms with E-state index in [1.807, 2.05) is 19.1 Å². The van der Waals surface area contributed by atoms with Crippen LogP contribution < -0.4 is 15.6 Å². The van der Waals surface area contributed by atoms with E-state index in [1.165, 1.54) is 17.8 Å². The Labute approximate surface area is 151 Å². The maximum absolute atomic E-state index is 12.1. The van der Waals surface area contributed by atoms with Gasteiger partial charge in [-0.3, -0.25) is 9.59 Å². The number of hydrogen-bond acceptors (Lipinski definition) is 5. The Hall–Kier alpha value is -2.28. The molecule has 0 radical (unpaired) electrons. The Morgan fingerprint density at radius 1 is 1.28 bits per heavy atom. The van der Waals surface area contributed by atoms with Crippen molar-refractivity contribution in [3.63, 3.8) is 0 Å². The minimum atomic E-state index is -0.185. The Morgan fingerprint density at radius 2 is 2.04 bits per heavy atom. The third-order valence-electron chi connectivity index (χ3n) is 3.35. The Balaban J connectivity index is 1.89. The third-order valence-corrected chi connectivity index (χ3v) is 4.22. The molecule has 0 aliphatic rings. The van der Waals surface area contributed by atoms with E-state index in [4.69, 9.17) is 4.74 Å².